The van der Waals surface area contributed by atoms with Gasteiger partial charge in [0.25, 0.3) is 5.95 Å². The summed E-state index contributed by atoms with van der Waals surface area (Å²) in [7, 11) is 0. The first kappa shape index (κ1) is 18.5. The summed E-state index contributed by atoms with van der Waals surface area (Å²) in [4.78, 5) is 11.9. The summed E-state index contributed by atoms with van der Waals surface area (Å²) in [6.07, 6.45) is 1.47. The van der Waals surface area contributed by atoms with Crippen LogP contribution in [0.5, 0.6) is 0 Å². The fraction of sp³-hybridized carbons (Fsp3) is 0.125. The van der Waals surface area contributed by atoms with Gasteiger partial charge in [0.15, 0.2) is 0 Å². The Kier molecular flexibility index (Phi) is 5.71. The number of benzene rings is 1. The average molecular weight is 389 g/mol. The minimum Gasteiger partial charge on any atom is -0.460 e. The second-order valence-electron chi connectivity index (χ2n) is 5.34. The topological polar surface area (TPSA) is 123 Å². The number of halogens is 1. The van der Waals surface area contributed by atoms with E-state index in [4.69, 9.17) is 10.3 Å². The van der Waals surface area contributed by atoms with Crippen LogP contribution in [-0.4, -0.2) is 32.7 Å². The number of hydrazone groups is 1. The first-order chi connectivity index (χ1) is 13.0. The van der Waals surface area contributed by atoms with Crippen molar-refractivity contribution in [3.8, 4) is 0 Å². The molecule has 0 aliphatic carbocycles. The molecule has 9 nitrogen and oxygen atoms in total. The van der Waals surface area contributed by atoms with E-state index in [1.807, 2.05) is 13.0 Å². The third-order valence-corrected chi connectivity index (χ3v) is 4.17. The first-order valence-electron chi connectivity index (χ1n) is 7.75. The monoisotopic (exact) mass is 389 g/mol. The number of furan rings is 1. The zero-order chi connectivity index (χ0) is 19.2. The number of nitrogens with one attached hydrogen (secondary N) is 2. The summed E-state index contributed by atoms with van der Waals surface area (Å²) in [6, 6.07) is 9.22. The van der Waals surface area contributed by atoms with Crippen molar-refractivity contribution in [1.29, 1.82) is 0 Å². The quantitative estimate of drug-likeness (QED) is 0.245. The van der Waals surface area contributed by atoms with Crippen molar-refractivity contribution in [2.75, 3.05) is 22.3 Å². The summed E-state index contributed by atoms with van der Waals surface area (Å²) >= 11 is 1.08. The molecule has 0 aliphatic heterocycles. The second-order valence-corrected chi connectivity index (χ2v) is 6.28. The Morgan fingerprint density at radius 3 is 3.00 bits per heavy atom. The number of nitrogen functional groups attached to an aromatic ring is 1. The highest BCUT2D eigenvalue weighted by Gasteiger charge is 2.12. The molecule has 1 aromatic carbocycles. The minimum atomic E-state index is -0.428. The van der Waals surface area contributed by atoms with Crippen LogP contribution >= 0.6 is 11.8 Å². The highest BCUT2D eigenvalue weighted by molar-refractivity contribution is 7.99. The third-order valence-electron chi connectivity index (χ3n) is 3.22. The standard InChI is InChI=1S/C16H16FN7O2S/c1-10-5-6-13(26-10)8-19-21-15-22-23-16(24(15)18)27-9-14(25)20-12-4-2-3-11(17)7-12/h2-8H,9,18H2,1H3,(H,20,25)(H,21,22)/b19-8+. The number of nitrogens with zero attached hydrogens (tertiary/aromatic N) is 4. The third kappa shape index (κ3) is 5.07. The summed E-state index contributed by atoms with van der Waals surface area (Å²) in [6.45, 7) is 1.83. The van der Waals surface area contributed by atoms with Gasteiger partial charge in [-0.25, -0.2) is 14.5 Å². The number of nitrogens with two attached hydrogens (primary N) is 1. The molecule has 0 saturated carbocycles. The van der Waals surface area contributed by atoms with Gasteiger partial charge in [0, 0.05) is 5.69 Å². The van der Waals surface area contributed by atoms with Gasteiger partial charge in [-0.3, -0.25) is 4.79 Å². The highest BCUT2D eigenvalue weighted by Crippen LogP contribution is 2.17. The lowest BCUT2D eigenvalue weighted by Gasteiger charge is -2.05. The van der Waals surface area contributed by atoms with Crippen LogP contribution in [0.25, 0.3) is 0 Å². The first-order valence-corrected chi connectivity index (χ1v) is 8.74. The van der Waals surface area contributed by atoms with E-state index in [-0.39, 0.29) is 17.6 Å². The van der Waals surface area contributed by atoms with E-state index in [9.17, 15) is 9.18 Å². The molecule has 0 unspecified atom stereocenters. The maximum atomic E-state index is 13.1. The van der Waals surface area contributed by atoms with Crippen molar-refractivity contribution in [3.05, 3.63) is 53.7 Å². The van der Waals surface area contributed by atoms with Gasteiger partial charge in [0.1, 0.15) is 17.3 Å². The number of hydrogen-bond acceptors (Lipinski definition) is 8. The molecule has 11 heteroatoms. The molecule has 2 aromatic heterocycles. The predicted octanol–water partition coefficient (Wildman–Crippen LogP) is 2.21. The van der Waals surface area contributed by atoms with Gasteiger partial charge >= 0.3 is 0 Å². The Balaban J connectivity index is 1.52. The van der Waals surface area contributed by atoms with Crippen LogP contribution < -0.4 is 16.6 Å². The van der Waals surface area contributed by atoms with Gasteiger partial charge in [0.05, 0.1) is 12.0 Å². The molecule has 0 fully saturated rings. The molecule has 2 heterocycles. The van der Waals surface area contributed by atoms with E-state index < -0.39 is 5.82 Å². The lowest BCUT2D eigenvalue weighted by Crippen LogP contribution is -2.17. The molecule has 3 aromatic rings. The number of amides is 1. The summed E-state index contributed by atoms with van der Waals surface area (Å²) in [5, 5.41) is 14.6. The van der Waals surface area contributed by atoms with Crippen LogP contribution in [-0.2, 0) is 4.79 Å². The highest BCUT2D eigenvalue weighted by atomic mass is 32.2. The van der Waals surface area contributed by atoms with E-state index >= 15 is 0 Å². The maximum absolute atomic E-state index is 13.1. The van der Waals surface area contributed by atoms with Crippen LogP contribution in [0.3, 0.4) is 0 Å². The number of carbonyl (C=O) groups is 1. The molecule has 0 saturated heterocycles. The van der Waals surface area contributed by atoms with Crippen molar-refractivity contribution < 1.29 is 13.6 Å². The van der Waals surface area contributed by atoms with Crippen LogP contribution in [0, 0.1) is 12.7 Å². The zero-order valence-electron chi connectivity index (χ0n) is 14.2. The molecule has 27 heavy (non-hydrogen) atoms. The van der Waals surface area contributed by atoms with Crippen molar-refractivity contribution in [3.63, 3.8) is 0 Å². The number of aromatic nitrogens is 3. The Morgan fingerprint density at radius 1 is 1.41 bits per heavy atom. The smallest absolute Gasteiger partial charge is 0.264 e. The van der Waals surface area contributed by atoms with Crippen LogP contribution in [0.4, 0.5) is 16.0 Å². The molecule has 3 rings (SSSR count). The number of thioether (sulfide) groups is 1. The molecule has 4 N–H and O–H groups in total. The van der Waals surface area contributed by atoms with E-state index in [1.165, 1.54) is 29.1 Å². The van der Waals surface area contributed by atoms with Crippen LogP contribution in [0.2, 0.25) is 0 Å². The van der Waals surface area contributed by atoms with Crippen molar-refractivity contribution >= 4 is 35.5 Å². The molecular formula is C16H16FN7O2S. The molecule has 0 radical (unpaired) electrons. The molecule has 140 valence electrons. The molecule has 0 aliphatic rings. The Morgan fingerprint density at radius 2 is 2.26 bits per heavy atom. The molecule has 0 bridgehead atoms. The summed E-state index contributed by atoms with van der Waals surface area (Å²) in [5.74, 6) is 6.70. The van der Waals surface area contributed by atoms with Gasteiger partial charge in [0.2, 0.25) is 11.1 Å². The lowest BCUT2D eigenvalue weighted by atomic mass is 10.3. The second kappa shape index (κ2) is 8.36. The van der Waals surface area contributed by atoms with Crippen molar-refractivity contribution in [2.45, 2.75) is 12.1 Å². The molecule has 0 atom stereocenters. The fourth-order valence-corrected chi connectivity index (χ4v) is 2.68. The SMILES string of the molecule is Cc1ccc(/C=N/Nc2nnc(SCC(=O)Nc3cccc(F)c3)n2N)o1. The number of hydrogen-bond donors (Lipinski definition) is 3. The Labute approximate surface area is 157 Å². The lowest BCUT2D eigenvalue weighted by molar-refractivity contribution is -0.113. The maximum Gasteiger partial charge on any atom is 0.264 e. The number of rotatable bonds is 7. The Hall–Kier alpha value is -3.34. The van der Waals surface area contributed by atoms with Gasteiger partial charge in [-0.05, 0) is 37.3 Å². The molecule has 1 amide bonds. The summed E-state index contributed by atoms with van der Waals surface area (Å²) in [5.41, 5.74) is 3.02. The minimum absolute atomic E-state index is 0.0286. The molecular weight excluding hydrogens is 373 g/mol. The molecule has 0 spiro atoms. The Bertz CT molecular complexity index is 969. The van der Waals surface area contributed by atoms with E-state index in [1.54, 1.807) is 12.1 Å². The van der Waals surface area contributed by atoms with Crippen molar-refractivity contribution in [1.82, 2.24) is 14.9 Å². The van der Waals surface area contributed by atoms with E-state index in [0.717, 1.165) is 17.5 Å². The largest absolute Gasteiger partial charge is 0.460 e. The number of carbonyl (C=O) groups excluding carboxylic acids is 1. The van der Waals surface area contributed by atoms with E-state index in [2.05, 4.69) is 26.0 Å². The average Bonchev–Trinajstić information content (AvgIpc) is 3.19. The normalized spacial score (nSPS) is 11.0. The van der Waals surface area contributed by atoms with Crippen molar-refractivity contribution in [2.24, 2.45) is 5.10 Å². The van der Waals surface area contributed by atoms with Crippen LogP contribution in [0.15, 0.2) is 51.1 Å². The van der Waals surface area contributed by atoms with Gasteiger partial charge in [-0.15, -0.1) is 10.2 Å². The van der Waals surface area contributed by atoms with Crippen LogP contribution in [0.1, 0.15) is 11.5 Å². The van der Waals surface area contributed by atoms with Gasteiger partial charge < -0.3 is 15.6 Å². The predicted molar refractivity (Wildman–Crippen MR) is 101 cm³/mol. The van der Waals surface area contributed by atoms with Gasteiger partial charge in [-0.1, -0.05) is 17.8 Å². The van der Waals surface area contributed by atoms with E-state index in [0.29, 0.717) is 16.6 Å². The number of anilines is 2. The number of aryl methyl sites for hydroxylation is 1. The zero-order valence-corrected chi connectivity index (χ0v) is 15.0. The van der Waals surface area contributed by atoms with Gasteiger partial charge in [-0.2, -0.15) is 5.10 Å². The summed E-state index contributed by atoms with van der Waals surface area (Å²) < 4.78 is 19.6. The fourth-order valence-electron chi connectivity index (χ4n) is 2.02.